The van der Waals surface area contributed by atoms with Gasteiger partial charge in [0.15, 0.2) is 6.08 Å². The monoisotopic (exact) mass is 166 g/mol. The van der Waals surface area contributed by atoms with Gasteiger partial charge in [-0.1, -0.05) is 0 Å². The molecule has 1 N–H and O–H groups in total. The SMILES string of the molecule is O=C(O)C1=[C+]C=C([N+](=O)[O-])C=C1. The molecule has 1 rings (SSSR count). The van der Waals surface area contributed by atoms with E-state index in [0.717, 1.165) is 18.2 Å². The zero-order valence-corrected chi connectivity index (χ0v) is 5.85. The molecule has 12 heavy (non-hydrogen) atoms. The number of nitro groups is 1. The van der Waals surface area contributed by atoms with Crippen LogP contribution in [0.5, 0.6) is 0 Å². The zero-order valence-electron chi connectivity index (χ0n) is 5.85. The minimum absolute atomic E-state index is 0.0828. The number of allylic oxidation sites excluding steroid dienone is 3. The van der Waals surface area contributed by atoms with Crippen LogP contribution in [-0.4, -0.2) is 16.0 Å². The summed E-state index contributed by atoms with van der Waals surface area (Å²) in [6.45, 7) is 0. The first kappa shape index (κ1) is 8.10. The molecular formula is C7H4NO4+. The summed E-state index contributed by atoms with van der Waals surface area (Å²) in [6.07, 6.45) is 5.57. The fourth-order valence-corrected chi connectivity index (χ4v) is 0.663. The Kier molecular flexibility index (Phi) is 1.98. The topological polar surface area (TPSA) is 80.4 Å². The van der Waals surface area contributed by atoms with Crippen LogP contribution in [0.2, 0.25) is 0 Å². The smallest absolute Gasteiger partial charge is 0.429 e. The summed E-state index contributed by atoms with van der Waals surface area (Å²) < 4.78 is 0. The fourth-order valence-electron chi connectivity index (χ4n) is 0.663. The van der Waals surface area contributed by atoms with Gasteiger partial charge in [-0.3, -0.25) is 0 Å². The van der Waals surface area contributed by atoms with Gasteiger partial charge in [0.1, 0.15) is 11.0 Å². The Bertz CT molecular complexity index is 292. The summed E-state index contributed by atoms with van der Waals surface area (Å²) in [5, 5.41) is 18.5. The first-order valence-corrected chi connectivity index (χ1v) is 3.00. The lowest BCUT2D eigenvalue weighted by atomic mass is 10.1. The molecule has 1 aliphatic carbocycles. The van der Waals surface area contributed by atoms with Crippen molar-refractivity contribution in [3.63, 3.8) is 0 Å². The Morgan fingerprint density at radius 1 is 1.58 bits per heavy atom. The molecule has 0 heterocycles. The second kappa shape index (κ2) is 2.94. The van der Waals surface area contributed by atoms with Crippen molar-refractivity contribution in [2.24, 2.45) is 0 Å². The molecule has 0 aromatic rings. The summed E-state index contributed by atoms with van der Waals surface area (Å²) in [4.78, 5) is 19.8. The van der Waals surface area contributed by atoms with Crippen LogP contribution in [0.1, 0.15) is 0 Å². The molecule has 0 radical (unpaired) electrons. The van der Waals surface area contributed by atoms with Crippen LogP contribution in [0, 0.1) is 16.2 Å². The molecule has 1 aliphatic rings. The van der Waals surface area contributed by atoms with Crippen molar-refractivity contribution in [2.45, 2.75) is 0 Å². The van der Waals surface area contributed by atoms with E-state index in [1.54, 1.807) is 0 Å². The summed E-state index contributed by atoms with van der Waals surface area (Å²) in [5.74, 6) is -1.15. The number of aliphatic carboxylic acids is 1. The van der Waals surface area contributed by atoms with Gasteiger partial charge < -0.3 is 5.11 Å². The van der Waals surface area contributed by atoms with Gasteiger partial charge in [-0.15, -0.1) is 0 Å². The molecule has 5 heteroatoms. The van der Waals surface area contributed by atoms with Crippen LogP contribution in [-0.2, 0) is 4.79 Å². The fraction of sp³-hybridized carbons (Fsp3) is 0. The van der Waals surface area contributed by atoms with Gasteiger partial charge in [-0.2, -0.15) is 4.79 Å². The molecular weight excluding hydrogens is 162 g/mol. The van der Waals surface area contributed by atoms with Gasteiger partial charge in [0, 0.05) is 6.08 Å². The molecule has 0 aromatic carbocycles. The molecule has 60 valence electrons. The molecule has 0 atom stereocenters. The Labute approximate surface area is 67.5 Å². The van der Waals surface area contributed by atoms with Crippen LogP contribution in [0.4, 0.5) is 0 Å². The van der Waals surface area contributed by atoms with Crippen LogP contribution in [0.15, 0.2) is 29.5 Å². The summed E-state index contributed by atoms with van der Waals surface area (Å²) >= 11 is 0. The van der Waals surface area contributed by atoms with E-state index >= 15 is 0 Å². The van der Waals surface area contributed by atoms with Crippen molar-refractivity contribution in [1.29, 1.82) is 0 Å². The van der Waals surface area contributed by atoms with Crippen molar-refractivity contribution >= 4 is 5.97 Å². The maximum absolute atomic E-state index is 10.3. The third kappa shape index (κ3) is 1.53. The highest BCUT2D eigenvalue weighted by molar-refractivity contribution is 5.89. The largest absolute Gasteiger partial charge is 0.432 e. The average Bonchev–Trinajstić information content (AvgIpc) is 2.04. The predicted molar refractivity (Wildman–Crippen MR) is 38.6 cm³/mol. The zero-order chi connectivity index (χ0) is 9.14. The number of nitrogens with zero attached hydrogens (tertiary/aromatic N) is 1. The van der Waals surface area contributed by atoms with Crippen molar-refractivity contribution in [1.82, 2.24) is 0 Å². The second-order valence-electron chi connectivity index (χ2n) is 2.02. The third-order valence-electron chi connectivity index (χ3n) is 1.24. The average molecular weight is 166 g/mol. The Morgan fingerprint density at radius 3 is 2.58 bits per heavy atom. The van der Waals surface area contributed by atoms with Gasteiger partial charge >= 0.3 is 11.7 Å². The van der Waals surface area contributed by atoms with Gasteiger partial charge in [-0.05, 0) is 0 Å². The molecule has 0 fully saturated rings. The van der Waals surface area contributed by atoms with Crippen LogP contribution >= 0.6 is 0 Å². The molecule has 0 aromatic heterocycles. The normalized spacial score (nSPS) is 14.3. The highest BCUT2D eigenvalue weighted by atomic mass is 16.6. The van der Waals surface area contributed by atoms with E-state index in [1.807, 2.05) is 0 Å². The van der Waals surface area contributed by atoms with E-state index in [-0.39, 0.29) is 11.3 Å². The Balaban J connectivity index is 2.91. The van der Waals surface area contributed by atoms with E-state index < -0.39 is 10.9 Å². The maximum atomic E-state index is 10.3. The molecule has 0 saturated carbocycles. The lowest BCUT2D eigenvalue weighted by Gasteiger charge is -1.87. The number of carboxylic acids is 1. The molecule has 0 saturated heterocycles. The second-order valence-corrected chi connectivity index (χ2v) is 2.02. The standard InChI is InChI=1S/C7H3NO4/c9-7(10)5-1-3-6(4-2-5)8(11)12/h1,3-4H/p+1. The number of carboxylic acid groups (broad SMARTS) is 1. The van der Waals surface area contributed by atoms with Crippen molar-refractivity contribution < 1.29 is 14.8 Å². The van der Waals surface area contributed by atoms with Crippen molar-refractivity contribution in [2.75, 3.05) is 0 Å². The van der Waals surface area contributed by atoms with Gasteiger partial charge in [0.2, 0.25) is 5.57 Å². The number of hydrogen-bond donors (Lipinski definition) is 1. The maximum Gasteiger partial charge on any atom is 0.429 e. The van der Waals surface area contributed by atoms with Crippen molar-refractivity contribution in [3.05, 3.63) is 45.7 Å². The van der Waals surface area contributed by atoms with Crippen LogP contribution in [0.25, 0.3) is 0 Å². The lowest BCUT2D eigenvalue weighted by Crippen LogP contribution is -2.03. The minimum Gasteiger partial charge on any atom is -0.432 e. The minimum atomic E-state index is -1.15. The summed E-state index contributed by atoms with van der Waals surface area (Å²) in [5.41, 5.74) is -0.249. The first-order valence-electron chi connectivity index (χ1n) is 3.00. The molecule has 0 spiro atoms. The number of hydrogen-bond acceptors (Lipinski definition) is 3. The summed E-state index contributed by atoms with van der Waals surface area (Å²) in [6, 6.07) is 0. The quantitative estimate of drug-likeness (QED) is 0.368. The number of carbonyl (C=O) groups is 1. The Morgan fingerprint density at radius 2 is 2.25 bits per heavy atom. The molecule has 0 aliphatic heterocycles. The highest BCUT2D eigenvalue weighted by Crippen LogP contribution is 2.09. The molecule has 5 nitrogen and oxygen atoms in total. The van der Waals surface area contributed by atoms with Crippen molar-refractivity contribution in [3.8, 4) is 0 Å². The van der Waals surface area contributed by atoms with E-state index in [0.29, 0.717) is 0 Å². The molecule has 0 unspecified atom stereocenters. The predicted octanol–water partition coefficient (Wildman–Crippen LogP) is 0.531. The van der Waals surface area contributed by atoms with Gasteiger partial charge in [0.05, 0.1) is 6.08 Å². The number of rotatable bonds is 2. The van der Waals surface area contributed by atoms with Crippen LogP contribution in [0.3, 0.4) is 0 Å². The first-order chi connectivity index (χ1) is 5.61. The van der Waals surface area contributed by atoms with Crippen LogP contribution < -0.4 is 0 Å². The van der Waals surface area contributed by atoms with E-state index in [9.17, 15) is 14.9 Å². The molecule has 0 bridgehead atoms. The van der Waals surface area contributed by atoms with E-state index in [1.165, 1.54) is 0 Å². The van der Waals surface area contributed by atoms with Gasteiger partial charge in [-0.25, -0.2) is 10.1 Å². The lowest BCUT2D eigenvalue weighted by molar-refractivity contribution is -0.419. The van der Waals surface area contributed by atoms with Gasteiger partial charge in [0.25, 0.3) is 0 Å². The third-order valence-corrected chi connectivity index (χ3v) is 1.24. The summed E-state index contributed by atoms with van der Waals surface area (Å²) in [7, 11) is 0. The Hall–Kier alpha value is -2.00. The van der Waals surface area contributed by atoms with E-state index in [2.05, 4.69) is 6.08 Å². The highest BCUT2D eigenvalue weighted by Gasteiger charge is 2.21. The van der Waals surface area contributed by atoms with E-state index in [4.69, 9.17) is 5.11 Å². The molecule has 0 amide bonds.